The third kappa shape index (κ3) is 1.97. The zero-order valence-corrected chi connectivity index (χ0v) is 8.58. The Morgan fingerprint density at radius 2 is 2.07 bits per heavy atom. The number of carbonyl (C=O) groups excluding carboxylic acids is 1. The molecule has 1 aliphatic carbocycles. The summed E-state index contributed by atoms with van der Waals surface area (Å²) in [5.74, 6) is -0.631. The molecule has 0 radical (unpaired) electrons. The first kappa shape index (κ1) is 10.4. The molecule has 15 heavy (non-hydrogen) atoms. The van der Waals surface area contributed by atoms with Crippen molar-refractivity contribution in [1.29, 1.82) is 0 Å². The molecule has 3 N–H and O–H groups in total. The Morgan fingerprint density at radius 3 is 2.40 bits per heavy atom. The van der Waals surface area contributed by atoms with Crippen molar-refractivity contribution < 1.29 is 14.7 Å². The highest BCUT2D eigenvalue weighted by molar-refractivity contribution is 5.87. The summed E-state index contributed by atoms with van der Waals surface area (Å²) in [5, 5.41) is 14.8. The second-order valence-electron chi connectivity index (χ2n) is 4.52. The summed E-state index contributed by atoms with van der Waals surface area (Å²) in [6.07, 6.45) is 2.47. The highest BCUT2D eigenvalue weighted by atomic mass is 16.4. The van der Waals surface area contributed by atoms with Gasteiger partial charge in [-0.2, -0.15) is 0 Å². The van der Waals surface area contributed by atoms with Crippen LogP contribution in [0.25, 0.3) is 0 Å². The number of nitrogens with one attached hydrogen (secondary N) is 2. The summed E-state index contributed by atoms with van der Waals surface area (Å²) in [6.45, 7) is 1.74. The van der Waals surface area contributed by atoms with Gasteiger partial charge < -0.3 is 15.7 Å². The van der Waals surface area contributed by atoms with E-state index in [1.165, 1.54) is 0 Å². The number of rotatable bonds is 4. The zero-order chi connectivity index (χ0) is 10.9. The van der Waals surface area contributed by atoms with Gasteiger partial charge in [-0.15, -0.1) is 0 Å². The lowest BCUT2D eigenvalue weighted by atomic mass is 9.76. The van der Waals surface area contributed by atoms with Gasteiger partial charge in [0.15, 0.2) is 0 Å². The summed E-state index contributed by atoms with van der Waals surface area (Å²) in [4.78, 5) is 22.5. The number of aliphatic carboxylic acids is 1. The van der Waals surface area contributed by atoms with Crippen molar-refractivity contribution in [2.45, 2.75) is 31.2 Å². The molecule has 0 aromatic carbocycles. The predicted molar refractivity (Wildman–Crippen MR) is 53.3 cm³/mol. The van der Waals surface area contributed by atoms with Gasteiger partial charge in [-0.25, -0.2) is 4.79 Å². The van der Waals surface area contributed by atoms with E-state index in [0.717, 1.165) is 19.5 Å². The van der Waals surface area contributed by atoms with Gasteiger partial charge in [-0.05, 0) is 38.3 Å². The zero-order valence-electron chi connectivity index (χ0n) is 8.58. The molecule has 0 unspecified atom stereocenters. The monoisotopic (exact) mass is 212 g/mol. The normalized spacial score (nSPS) is 23.7. The molecule has 0 spiro atoms. The molecule has 1 heterocycles. The Balaban J connectivity index is 1.83. The van der Waals surface area contributed by atoms with E-state index in [2.05, 4.69) is 10.6 Å². The van der Waals surface area contributed by atoms with Gasteiger partial charge in [-0.1, -0.05) is 0 Å². The number of carboxylic acid groups (broad SMARTS) is 1. The van der Waals surface area contributed by atoms with Crippen LogP contribution in [-0.2, 0) is 9.59 Å². The van der Waals surface area contributed by atoms with Crippen molar-refractivity contribution in [2.75, 3.05) is 13.1 Å². The van der Waals surface area contributed by atoms with Gasteiger partial charge in [0, 0.05) is 6.42 Å². The van der Waals surface area contributed by atoms with E-state index in [-0.39, 0.29) is 5.91 Å². The van der Waals surface area contributed by atoms with E-state index >= 15 is 0 Å². The topological polar surface area (TPSA) is 78.4 Å². The number of carboxylic acids is 1. The second kappa shape index (κ2) is 3.81. The molecule has 0 aromatic rings. The van der Waals surface area contributed by atoms with Crippen LogP contribution in [0.3, 0.4) is 0 Å². The molecule has 5 nitrogen and oxygen atoms in total. The summed E-state index contributed by atoms with van der Waals surface area (Å²) in [6, 6.07) is 0. The van der Waals surface area contributed by atoms with Crippen molar-refractivity contribution in [2.24, 2.45) is 5.92 Å². The molecular weight excluding hydrogens is 196 g/mol. The molecule has 1 aliphatic heterocycles. The van der Waals surface area contributed by atoms with E-state index in [1.807, 2.05) is 0 Å². The lowest BCUT2D eigenvalue weighted by molar-refractivity contribution is -0.152. The van der Waals surface area contributed by atoms with Gasteiger partial charge in [-0.3, -0.25) is 4.79 Å². The third-order valence-corrected chi connectivity index (χ3v) is 3.34. The highest BCUT2D eigenvalue weighted by Gasteiger charge is 2.45. The SMILES string of the molecule is O=C(CC1CNC1)NC1(C(=O)O)CCC1. The minimum atomic E-state index is -0.950. The summed E-state index contributed by atoms with van der Waals surface area (Å²) in [7, 11) is 0. The van der Waals surface area contributed by atoms with Crippen molar-refractivity contribution in [1.82, 2.24) is 10.6 Å². The van der Waals surface area contributed by atoms with Crippen molar-refractivity contribution in [3.8, 4) is 0 Å². The quantitative estimate of drug-likeness (QED) is 0.599. The van der Waals surface area contributed by atoms with Gasteiger partial charge in [0.1, 0.15) is 5.54 Å². The van der Waals surface area contributed by atoms with Gasteiger partial charge in [0.2, 0.25) is 5.91 Å². The standard InChI is InChI=1S/C10H16N2O3/c13-8(4-7-5-11-6-7)12-10(9(14)15)2-1-3-10/h7,11H,1-6H2,(H,12,13)(H,14,15). The van der Waals surface area contributed by atoms with Gasteiger partial charge in [0.25, 0.3) is 0 Å². The smallest absolute Gasteiger partial charge is 0.329 e. The molecule has 2 rings (SSSR count). The molecule has 1 saturated heterocycles. The summed E-state index contributed by atoms with van der Waals surface area (Å²) < 4.78 is 0. The van der Waals surface area contributed by atoms with E-state index < -0.39 is 11.5 Å². The van der Waals surface area contributed by atoms with Crippen LogP contribution in [0.2, 0.25) is 0 Å². The minimum Gasteiger partial charge on any atom is -0.480 e. The van der Waals surface area contributed by atoms with Crippen LogP contribution in [-0.4, -0.2) is 35.6 Å². The fourth-order valence-electron chi connectivity index (χ4n) is 2.00. The second-order valence-corrected chi connectivity index (χ2v) is 4.52. The van der Waals surface area contributed by atoms with Gasteiger partial charge in [0.05, 0.1) is 0 Å². The van der Waals surface area contributed by atoms with Crippen molar-refractivity contribution in [3.05, 3.63) is 0 Å². The fourth-order valence-corrected chi connectivity index (χ4v) is 2.00. The number of amides is 1. The Labute approximate surface area is 88.2 Å². The molecular formula is C10H16N2O3. The lowest BCUT2D eigenvalue weighted by Crippen LogP contribution is -2.59. The molecule has 1 amide bonds. The summed E-state index contributed by atoms with van der Waals surface area (Å²) >= 11 is 0. The Morgan fingerprint density at radius 1 is 1.40 bits per heavy atom. The van der Waals surface area contributed by atoms with Crippen LogP contribution in [0.1, 0.15) is 25.7 Å². The van der Waals surface area contributed by atoms with Crippen LogP contribution in [0.5, 0.6) is 0 Å². The molecule has 0 aromatic heterocycles. The average Bonchev–Trinajstić information content (AvgIpc) is 2.03. The lowest BCUT2D eigenvalue weighted by Gasteiger charge is -2.39. The van der Waals surface area contributed by atoms with Crippen molar-refractivity contribution in [3.63, 3.8) is 0 Å². The van der Waals surface area contributed by atoms with Crippen LogP contribution in [0.15, 0.2) is 0 Å². The summed E-state index contributed by atoms with van der Waals surface area (Å²) in [5.41, 5.74) is -0.950. The third-order valence-electron chi connectivity index (χ3n) is 3.34. The Hall–Kier alpha value is -1.10. The maximum atomic E-state index is 11.6. The predicted octanol–water partition coefficient (Wildman–Crippen LogP) is -0.281. The first-order valence-corrected chi connectivity index (χ1v) is 5.37. The Bertz CT molecular complexity index is 282. The fraction of sp³-hybridized carbons (Fsp3) is 0.800. The number of carbonyl (C=O) groups is 2. The van der Waals surface area contributed by atoms with E-state index in [9.17, 15) is 9.59 Å². The molecule has 2 fully saturated rings. The molecule has 0 bridgehead atoms. The van der Waals surface area contributed by atoms with E-state index in [0.29, 0.717) is 25.2 Å². The molecule has 1 saturated carbocycles. The largest absolute Gasteiger partial charge is 0.480 e. The molecule has 2 aliphatic rings. The molecule has 5 heteroatoms. The first-order chi connectivity index (χ1) is 7.12. The Kier molecular flexibility index (Phi) is 2.65. The molecule has 0 atom stereocenters. The average molecular weight is 212 g/mol. The van der Waals surface area contributed by atoms with Crippen LogP contribution < -0.4 is 10.6 Å². The maximum absolute atomic E-state index is 11.6. The van der Waals surface area contributed by atoms with Crippen LogP contribution in [0, 0.1) is 5.92 Å². The van der Waals surface area contributed by atoms with Gasteiger partial charge >= 0.3 is 5.97 Å². The number of hydrogen-bond donors (Lipinski definition) is 3. The van der Waals surface area contributed by atoms with Crippen LogP contribution >= 0.6 is 0 Å². The maximum Gasteiger partial charge on any atom is 0.329 e. The van der Waals surface area contributed by atoms with E-state index in [4.69, 9.17) is 5.11 Å². The van der Waals surface area contributed by atoms with Crippen molar-refractivity contribution >= 4 is 11.9 Å². The van der Waals surface area contributed by atoms with Crippen LogP contribution in [0.4, 0.5) is 0 Å². The minimum absolute atomic E-state index is 0.122. The van der Waals surface area contributed by atoms with E-state index in [1.54, 1.807) is 0 Å². The highest BCUT2D eigenvalue weighted by Crippen LogP contribution is 2.32. The first-order valence-electron chi connectivity index (χ1n) is 5.37. The number of hydrogen-bond acceptors (Lipinski definition) is 3. The molecule has 84 valence electrons.